The van der Waals surface area contributed by atoms with Crippen LogP contribution >= 0.6 is 0 Å². The third-order valence-corrected chi connectivity index (χ3v) is 3.05. The highest BCUT2D eigenvalue weighted by molar-refractivity contribution is 6.05. The van der Waals surface area contributed by atoms with Gasteiger partial charge in [-0.3, -0.25) is 4.79 Å². The molecule has 0 aliphatic carbocycles. The molecule has 0 unspecified atom stereocenters. The molecule has 0 saturated carbocycles. The summed E-state index contributed by atoms with van der Waals surface area (Å²) in [5, 5.41) is 2.95. The van der Waals surface area contributed by atoms with Gasteiger partial charge >= 0.3 is 0 Å². The standard InChI is InChI=1S/C16H17NO2/c1-11-6-4-7-12(2)15(11)17-16(18)13-8-5-9-14(10-13)19-3/h4-10H,1-3H3,(H,17,18)/i16-1. The third-order valence-electron chi connectivity index (χ3n) is 3.05. The molecular weight excluding hydrogens is 237 g/mol. The van der Waals surface area contributed by atoms with Crippen molar-refractivity contribution in [3.05, 3.63) is 59.2 Å². The summed E-state index contributed by atoms with van der Waals surface area (Å²) >= 11 is 0. The molecular formula is C16H17NO2. The number of hydrogen-bond acceptors (Lipinski definition) is 2. The maximum atomic E-state index is 12.2. The molecule has 19 heavy (non-hydrogen) atoms. The Balaban J connectivity index is 2.25. The number of hydrogen-bond donors (Lipinski definition) is 1. The number of aryl methyl sites for hydroxylation is 2. The molecule has 0 bridgehead atoms. The van der Waals surface area contributed by atoms with Crippen LogP contribution in [0.25, 0.3) is 0 Å². The molecule has 0 aliphatic heterocycles. The van der Waals surface area contributed by atoms with E-state index in [1.54, 1.807) is 25.3 Å². The fraction of sp³-hybridized carbons (Fsp3) is 0.188. The van der Waals surface area contributed by atoms with Gasteiger partial charge in [-0.25, -0.2) is 0 Å². The van der Waals surface area contributed by atoms with Crippen LogP contribution in [0.15, 0.2) is 42.5 Å². The average molecular weight is 254 g/mol. The Morgan fingerprint density at radius 3 is 2.32 bits per heavy atom. The quantitative estimate of drug-likeness (QED) is 0.909. The number of anilines is 1. The van der Waals surface area contributed by atoms with Crippen LogP contribution in [0.5, 0.6) is 5.75 Å². The second-order valence-corrected chi connectivity index (χ2v) is 4.45. The number of benzene rings is 2. The zero-order valence-corrected chi connectivity index (χ0v) is 11.4. The molecule has 1 N–H and O–H groups in total. The number of para-hydroxylation sites is 1. The van der Waals surface area contributed by atoms with Crippen molar-refractivity contribution < 1.29 is 9.53 Å². The van der Waals surface area contributed by atoms with Gasteiger partial charge in [-0.15, -0.1) is 0 Å². The first kappa shape index (κ1) is 13.1. The Hall–Kier alpha value is -2.29. The van der Waals surface area contributed by atoms with Crippen LogP contribution in [0.4, 0.5) is 5.69 Å². The molecule has 0 saturated heterocycles. The van der Waals surface area contributed by atoms with Gasteiger partial charge in [0.15, 0.2) is 0 Å². The average Bonchev–Trinajstić information content (AvgIpc) is 2.43. The van der Waals surface area contributed by atoms with Gasteiger partial charge in [0.1, 0.15) is 5.75 Å². The predicted octanol–water partition coefficient (Wildman–Crippen LogP) is 3.56. The van der Waals surface area contributed by atoms with Crippen LogP contribution in [-0.2, 0) is 0 Å². The lowest BCUT2D eigenvalue weighted by Gasteiger charge is -2.11. The molecule has 2 rings (SSSR count). The topological polar surface area (TPSA) is 38.3 Å². The smallest absolute Gasteiger partial charge is 0.255 e. The monoisotopic (exact) mass is 254 g/mol. The van der Waals surface area contributed by atoms with Gasteiger partial charge in [0.2, 0.25) is 0 Å². The predicted molar refractivity (Wildman–Crippen MR) is 76.9 cm³/mol. The molecule has 98 valence electrons. The molecule has 0 heterocycles. The lowest BCUT2D eigenvalue weighted by molar-refractivity contribution is 0.102. The van der Waals surface area contributed by atoms with Crippen molar-refractivity contribution in [2.45, 2.75) is 13.8 Å². The van der Waals surface area contributed by atoms with E-state index in [-0.39, 0.29) is 5.91 Å². The van der Waals surface area contributed by atoms with Crippen LogP contribution < -0.4 is 10.1 Å². The summed E-state index contributed by atoms with van der Waals surface area (Å²) in [5.74, 6) is 0.547. The third kappa shape index (κ3) is 2.94. The number of amides is 1. The van der Waals surface area contributed by atoms with E-state index in [1.807, 2.05) is 38.1 Å². The number of methoxy groups -OCH3 is 1. The number of carbonyl (C=O) groups is 1. The molecule has 0 radical (unpaired) electrons. The van der Waals surface area contributed by atoms with Gasteiger partial charge in [0, 0.05) is 11.3 Å². The van der Waals surface area contributed by atoms with Gasteiger partial charge < -0.3 is 10.1 Å². The van der Waals surface area contributed by atoms with Crippen LogP contribution in [0.2, 0.25) is 0 Å². The van der Waals surface area contributed by atoms with Crippen molar-refractivity contribution in [2.24, 2.45) is 0 Å². The zero-order valence-electron chi connectivity index (χ0n) is 11.4. The Morgan fingerprint density at radius 2 is 1.68 bits per heavy atom. The van der Waals surface area contributed by atoms with E-state index in [9.17, 15) is 4.79 Å². The first-order valence-corrected chi connectivity index (χ1v) is 6.13. The molecule has 0 fully saturated rings. The van der Waals surface area contributed by atoms with Crippen molar-refractivity contribution >= 4 is 11.6 Å². The van der Waals surface area contributed by atoms with Crippen LogP contribution in [0.1, 0.15) is 21.5 Å². The molecule has 0 spiro atoms. The maximum absolute atomic E-state index is 12.2. The first-order valence-electron chi connectivity index (χ1n) is 6.13. The fourth-order valence-corrected chi connectivity index (χ4v) is 1.96. The molecule has 2 aromatic rings. The van der Waals surface area contributed by atoms with Crippen LogP contribution in [-0.4, -0.2) is 13.0 Å². The molecule has 0 aromatic heterocycles. The minimum absolute atomic E-state index is 0.128. The van der Waals surface area contributed by atoms with Crippen molar-refractivity contribution in [2.75, 3.05) is 12.4 Å². The van der Waals surface area contributed by atoms with E-state index in [4.69, 9.17) is 4.74 Å². The van der Waals surface area contributed by atoms with Crippen molar-refractivity contribution in [1.29, 1.82) is 0 Å². The largest absolute Gasteiger partial charge is 0.497 e. The van der Waals surface area contributed by atoms with Crippen LogP contribution in [0, 0.1) is 13.8 Å². The van der Waals surface area contributed by atoms with E-state index in [0.29, 0.717) is 11.3 Å². The molecule has 0 atom stereocenters. The number of nitrogens with one attached hydrogen (secondary N) is 1. The highest BCUT2D eigenvalue weighted by atomic mass is 16.5. The van der Waals surface area contributed by atoms with Crippen molar-refractivity contribution in [1.82, 2.24) is 0 Å². The Morgan fingerprint density at radius 1 is 1.05 bits per heavy atom. The SMILES string of the molecule is COc1cccc([11C](=O)Nc2c(C)cccc2C)c1. The normalized spacial score (nSPS) is 10.1. The second-order valence-electron chi connectivity index (χ2n) is 4.45. The Bertz CT molecular complexity index is 585. The Kier molecular flexibility index (Phi) is 3.85. The van der Waals surface area contributed by atoms with Gasteiger partial charge in [0.25, 0.3) is 5.91 Å². The summed E-state index contributed by atoms with van der Waals surface area (Å²) in [6.07, 6.45) is 0. The molecule has 1 amide bonds. The first-order chi connectivity index (χ1) is 9.11. The maximum Gasteiger partial charge on any atom is 0.255 e. The van der Waals surface area contributed by atoms with Gasteiger partial charge in [-0.2, -0.15) is 0 Å². The Labute approximate surface area is 113 Å². The molecule has 3 nitrogen and oxygen atoms in total. The van der Waals surface area contributed by atoms with E-state index in [0.717, 1.165) is 16.8 Å². The van der Waals surface area contributed by atoms with E-state index < -0.39 is 0 Å². The van der Waals surface area contributed by atoms with E-state index in [1.165, 1.54) is 0 Å². The highest BCUT2D eigenvalue weighted by Crippen LogP contribution is 2.21. The summed E-state index contributed by atoms with van der Waals surface area (Å²) in [6, 6.07) is 13.1. The van der Waals surface area contributed by atoms with Crippen molar-refractivity contribution in [3.8, 4) is 5.75 Å². The lowest BCUT2D eigenvalue weighted by Crippen LogP contribution is -2.13. The second kappa shape index (κ2) is 5.57. The number of ether oxygens (including phenoxy) is 1. The minimum atomic E-state index is -0.128. The summed E-state index contributed by atoms with van der Waals surface area (Å²) < 4.78 is 5.12. The summed E-state index contributed by atoms with van der Waals surface area (Å²) in [4.78, 5) is 12.2. The van der Waals surface area contributed by atoms with Crippen LogP contribution in [0.3, 0.4) is 0 Å². The van der Waals surface area contributed by atoms with E-state index in [2.05, 4.69) is 5.32 Å². The molecule has 2 aromatic carbocycles. The number of carbonyl (C=O) groups excluding carboxylic acids is 1. The highest BCUT2D eigenvalue weighted by Gasteiger charge is 2.10. The van der Waals surface area contributed by atoms with Gasteiger partial charge in [-0.1, -0.05) is 24.3 Å². The summed E-state index contributed by atoms with van der Waals surface area (Å²) in [7, 11) is 1.59. The van der Waals surface area contributed by atoms with Gasteiger partial charge in [0.05, 0.1) is 7.11 Å². The minimum Gasteiger partial charge on any atom is -0.497 e. The van der Waals surface area contributed by atoms with E-state index >= 15 is 0 Å². The number of rotatable bonds is 3. The molecule has 3 heteroatoms. The lowest BCUT2D eigenvalue weighted by atomic mass is 9.87. The molecule has 0 aliphatic rings. The summed E-state index contributed by atoms with van der Waals surface area (Å²) in [5.41, 5.74) is 3.56. The van der Waals surface area contributed by atoms with Crippen molar-refractivity contribution in [3.63, 3.8) is 0 Å². The van der Waals surface area contributed by atoms with Gasteiger partial charge in [-0.05, 0) is 43.2 Å². The summed E-state index contributed by atoms with van der Waals surface area (Å²) in [6.45, 7) is 3.96. The zero-order chi connectivity index (χ0) is 13.8. The fourth-order valence-electron chi connectivity index (χ4n) is 1.96.